The second-order valence-corrected chi connectivity index (χ2v) is 6.84. The summed E-state index contributed by atoms with van der Waals surface area (Å²) in [6, 6.07) is 3.95. The average Bonchev–Trinajstić information content (AvgIpc) is 2.56. The van der Waals surface area contributed by atoms with Crippen LogP contribution in [-0.2, 0) is 9.31 Å². The fourth-order valence-electron chi connectivity index (χ4n) is 1.98. The van der Waals surface area contributed by atoms with Gasteiger partial charge in [0.1, 0.15) is 5.82 Å². The van der Waals surface area contributed by atoms with E-state index in [-0.39, 0.29) is 18.3 Å². The van der Waals surface area contributed by atoms with Crippen LogP contribution in [0.1, 0.15) is 41.5 Å². The fourth-order valence-corrected chi connectivity index (χ4v) is 1.98. The molecule has 110 valence electrons. The molecule has 4 nitrogen and oxygen atoms in total. The van der Waals surface area contributed by atoms with Crippen molar-refractivity contribution in [2.45, 2.75) is 52.7 Å². The van der Waals surface area contributed by atoms with E-state index in [0.717, 1.165) is 17.8 Å². The molecule has 1 aromatic heterocycles. The summed E-state index contributed by atoms with van der Waals surface area (Å²) >= 11 is 0. The second-order valence-electron chi connectivity index (χ2n) is 6.84. The minimum absolute atomic E-state index is 0.313. The van der Waals surface area contributed by atoms with E-state index in [2.05, 4.69) is 51.8 Å². The minimum atomic E-state index is -0.331. The van der Waals surface area contributed by atoms with Crippen molar-refractivity contribution in [3.05, 3.63) is 18.3 Å². The molecule has 1 aliphatic heterocycles. The zero-order chi connectivity index (χ0) is 15.0. The number of hydrogen-bond donors (Lipinski definition) is 1. The third kappa shape index (κ3) is 3.15. The zero-order valence-corrected chi connectivity index (χ0v) is 13.4. The Bertz CT molecular complexity index is 459. The van der Waals surface area contributed by atoms with Crippen LogP contribution in [0.2, 0.25) is 0 Å². The summed E-state index contributed by atoms with van der Waals surface area (Å²) in [5.41, 5.74) is 0.378. The normalized spacial score (nSPS) is 20.4. The monoisotopic (exact) mass is 276 g/mol. The van der Waals surface area contributed by atoms with E-state index in [1.165, 1.54) is 0 Å². The smallest absolute Gasteiger partial charge is 0.399 e. The summed E-state index contributed by atoms with van der Waals surface area (Å²) in [5.74, 6) is 1.45. The van der Waals surface area contributed by atoms with E-state index in [0.29, 0.717) is 5.92 Å². The number of rotatable bonds is 4. The van der Waals surface area contributed by atoms with Crippen molar-refractivity contribution < 1.29 is 9.31 Å². The predicted molar refractivity (Wildman–Crippen MR) is 83.3 cm³/mol. The van der Waals surface area contributed by atoms with Crippen LogP contribution in [-0.4, -0.2) is 29.8 Å². The van der Waals surface area contributed by atoms with Gasteiger partial charge < -0.3 is 14.6 Å². The van der Waals surface area contributed by atoms with Crippen LogP contribution >= 0.6 is 0 Å². The Morgan fingerprint density at radius 3 is 2.35 bits per heavy atom. The third-order valence-electron chi connectivity index (χ3n) is 4.00. The van der Waals surface area contributed by atoms with Gasteiger partial charge in [-0.1, -0.05) is 13.8 Å². The Morgan fingerprint density at radius 1 is 1.20 bits per heavy atom. The Balaban J connectivity index is 2.12. The highest BCUT2D eigenvalue weighted by atomic mass is 16.7. The quantitative estimate of drug-likeness (QED) is 0.858. The van der Waals surface area contributed by atoms with E-state index in [9.17, 15) is 0 Å². The molecule has 1 aliphatic rings. The van der Waals surface area contributed by atoms with Crippen LogP contribution in [0.5, 0.6) is 0 Å². The maximum Gasteiger partial charge on any atom is 0.495 e. The fraction of sp³-hybridized carbons (Fsp3) is 0.667. The van der Waals surface area contributed by atoms with Crippen LogP contribution in [0.4, 0.5) is 5.82 Å². The molecular formula is C15H25BN2O2. The molecule has 0 amide bonds. The molecule has 2 heterocycles. The lowest BCUT2D eigenvalue weighted by Gasteiger charge is -2.32. The lowest BCUT2D eigenvalue weighted by molar-refractivity contribution is 0.00578. The van der Waals surface area contributed by atoms with Crippen molar-refractivity contribution >= 4 is 18.4 Å². The van der Waals surface area contributed by atoms with Crippen molar-refractivity contribution in [1.29, 1.82) is 0 Å². The highest BCUT2D eigenvalue weighted by molar-refractivity contribution is 6.62. The topological polar surface area (TPSA) is 43.4 Å². The Hall–Kier alpha value is -1.07. The number of anilines is 1. The third-order valence-corrected chi connectivity index (χ3v) is 4.00. The summed E-state index contributed by atoms with van der Waals surface area (Å²) in [4.78, 5) is 4.33. The number of pyridine rings is 1. The molecule has 5 heteroatoms. The first-order valence-electron chi connectivity index (χ1n) is 7.27. The average molecular weight is 276 g/mol. The summed E-state index contributed by atoms with van der Waals surface area (Å²) in [6.45, 7) is 13.5. The zero-order valence-electron chi connectivity index (χ0n) is 13.4. The first-order valence-corrected chi connectivity index (χ1v) is 7.27. The summed E-state index contributed by atoms with van der Waals surface area (Å²) in [6.07, 6.45) is 1.79. The van der Waals surface area contributed by atoms with Gasteiger partial charge in [-0.3, -0.25) is 0 Å². The summed E-state index contributed by atoms with van der Waals surface area (Å²) in [7, 11) is -0.331. The van der Waals surface area contributed by atoms with E-state index in [1.54, 1.807) is 6.20 Å². The standard InChI is InChI=1S/C15H25BN2O2/c1-11(2)10-18-13-9-12(7-8-17-13)16-19-14(3,4)15(5,6)20-16/h7-9,11H,10H2,1-6H3,(H,17,18). The molecule has 2 rings (SSSR count). The molecule has 1 saturated heterocycles. The molecule has 1 fully saturated rings. The van der Waals surface area contributed by atoms with Gasteiger partial charge in [0.25, 0.3) is 0 Å². The van der Waals surface area contributed by atoms with Gasteiger partial charge in [-0.15, -0.1) is 0 Å². The van der Waals surface area contributed by atoms with Gasteiger partial charge in [0, 0.05) is 12.7 Å². The van der Waals surface area contributed by atoms with Gasteiger partial charge in [0.15, 0.2) is 0 Å². The van der Waals surface area contributed by atoms with E-state index < -0.39 is 0 Å². The molecule has 0 bridgehead atoms. The summed E-state index contributed by atoms with van der Waals surface area (Å²) in [5, 5.41) is 3.33. The van der Waals surface area contributed by atoms with Crippen LogP contribution in [0.15, 0.2) is 18.3 Å². The van der Waals surface area contributed by atoms with Crippen molar-refractivity contribution in [2.75, 3.05) is 11.9 Å². The number of hydrogen-bond acceptors (Lipinski definition) is 4. The molecule has 0 unspecified atom stereocenters. The molecule has 0 radical (unpaired) electrons. The molecule has 0 spiro atoms. The van der Waals surface area contributed by atoms with E-state index in [1.807, 2.05) is 12.1 Å². The highest BCUT2D eigenvalue weighted by Crippen LogP contribution is 2.36. The number of aromatic nitrogens is 1. The van der Waals surface area contributed by atoms with Gasteiger partial charge in [-0.05, 0) is 51.2 Å². The number of nitrogens with zero attached hydrogens (tertiary/aromatic N) is 1. The van der Waals surface area contributed by atoms with E-state index in [4.69, 9.17) is 9.31 Å². The molecule has 0 saturated carbocycles. The summed E-state index contributed by atoms with van der Waals surface area (Å²) < 4.78 is 12.1. The Labute approximate surface area is 122 Å². The molecule has 1 aromatic rings. The lowest BCUT2D eigenvalue weighted by atomic mass is 9.80. The first-order chi connectivity index (χ1) is 9.21. The molecule has 20 heavy (non-hydrogen) atoms. The van der Waals surface area contributed by atoms with Crippen molar-refractivity contribution in [3.8, 4) is 0 Å². The van der Waals surface area contributed by atoms with Gasteiger partial charge in [0.05, 0.1) is 11.2 Å². The SMILES string of the molecule is CC(C)CNc1cc(B2OC(C)(C)C(C)(C)O2)ccn1. The maximum atomic E-state index is 6.05. The van der Waals surface area contributed by atoms with Crippen molar-refractivity contribution in [1.82, 2.24) is 4.98 Å². The van der Waals surface area contributed by atoms with Gasteiger partial charge in [-0.2, -0.15) is 0 Å². The van der Waals surface area contributed by atoms with Gasteiger partial charge in [0.2, 0.25) is 0 Å². The molecule has 0 atom stereocenters. The first kappa shape index (κ1) is 15.3. The molecule has 1 N–H and O–H groups in total. The highest BCUT2D eigenvalue weighted by Gasteiger charge is 2.51. The molecule has 0 aliphatic carbocycles. The van der Waals surface area contributed by atoms with Gasteiger partial charge in [-0.25, -0.2) is 4.98 Å². The molecular weight excluding hydrogens is 251 g/mol. The van der Waals surface area contributed by atoms with Crippen LogP contribution in [0.25, 0.3) is 0 Å². The Kier molecular flexibility index (Phi) is 4.12. The second kappa shape index (κ2) is 5.37. The van der Waals surface area contributed by atoms with Crippen molar-refractivity contribution in [3.63, 3.8) is 0 Å². The van der Waals surface area contributed by atoms with Gasteiger partial charge >= 0.3 is 7.12 Å². The minimum Gasteiger partial charge on any atom is -0.399 e. The maximum absolute atomic E-state index is 6.05. The van der Waals surface area contributed by atoms with Crippen LogP contribution in [0.3, 0.4) is 0 Å². The lowest BCUT2D eigenvalue weighted by Crippen LogP contribution is -2.41. The largest absolute Gasteiger partial charge is 0.495 e. The van der Waals surface area contributed by atoms with Crippen LogP contribution in [0, 0.1) is 5.92 Å². The predicted octanol–water partition coefficient (Wildman–Crippen LogP) is 2.45. The van der Waals surface area contributed by atoms with E-state index >= 15 is 0 Å². The Morgan fingerprint density at radius 2 is 1.80 bits per heavy atom. The number of nitrogens with one attached hydrogen (secondary N) is 1. The van der Waals surface area contributed by atoms with Crippen molar-refractivity contribution in [2.24, 2.45) is 5.92 Å². The molecule has 0 aromatic carbocycles. The van der Waals surface area contributed by atoms with Crippen LogP contribution < -0.4 is 10.8 Å².